The van der Waals surface area contributed by atoms with Crippen LogP contribution in [0.3, 0.4) is 0 Å². The molecule has 0 saturated heterocycles. The number of nitrogens with zero attached hydrogens (tertiary/aromatic N) is 2. The standard InChI is InChI=1S/C19H12Cl4N4O4/c1-9-15(17(27-30-9)16-12(21)3-2-4-13(16)22)18(28)25-26-19(29)31-24-8-10-5-6-11(20)7-14(10)23/h2-8H,1H3,(H,25,28)(H,26,29)/b24-8+. The monoisotopic (exact) mass is 500 g/mol. The molecule has 31 heavy (non-hydrogen) atoms. The number of aromatic nitrogens is 1. The molecule has 0 radical (unpaired) electrons. The number of nitrogens with one attached hydrogen (secondary N) is 2. The summed E-state index contributed by atoms with van der Waals surface area (Å²) in [7, 11) is 0. The minimum absolute atomic E-state index is 0.0340. The van der Waals surface area contributed by atoms with E-state index in [0.717, 1.165) is 0 Å². The number of hydrogen-bond donors (Lipinski definition) is 2. The lowest BCUT2D eigenvalue weighted by Crippen LogP contribution is -2.41. The quantitative estimate of drug-likeness (QED) is 0.272. The van der Waals surface area contributed by atoms with Crippen LogP contribution in [0.15, 0.2) is 46.1 Å². The van der Waals surface area contributed by atoms with Gasteiger partial charge in [0.15, 0.2) is 0 Å². The van der Waals surface area contributed by atoms with Gasteiger partial charge in [0.1, 0.15) is 17.0 Å². The zero-order valence-corrected chi connectivity index (χ0v) is 18.6. The van der Waals surface area contributed by atoms with Gasteiger partial charge in [-0.1, -0.05) is 68.8 Å². The van der Waals surface area contributed by atoms with Crippen molar-refractivity contribution in [1.82, 2.24) is 16.0 Å². The summed E-state index contributed by atoms with van der Waals surface area (Å²) in [6, 6.07) is 9.53. The Morgan fingerprint density at radius 1 is 1.06 bits per heavy atom. The Balaban J connectivity index is 1.66. The number of aryl methyl sites for hydroxylation is 1. The number of amides is 2. The summed E-state index contributed by atoms with van der Waals surface area (Å²) in [6.07, 6.45) is 0.156. The molecule has 2 N–H and O–H groups in total. The number of hydrogen-bond acceptors (Lipinski definition) is 6. The zero-order valence-electron chi connectivity index (χ0n) is 15.6. The maximum Gasteiger partial charge on any atom is 0.452 e. The van der Waals surface area contributed by atoms with Gasteiger partial charge in [-0.2, -0.15) is 0 Å². The minimum Gasteiger partial charge on any atom is -0.360 e. The van der Waals surface area contributed by atoms with Gasteiger partial charge in [0.05, 0.1) is 21.3 Å². The predicted molar refractivity (Wildman–Crippen MR) is 118 cm³/mol. The summed E-state index contributed by atoms with van der Waals surface area (Å²) in [5.74, 6) is -0.541. The summed E-state index contributed by atoms with van der Waals surface area (Å²) in [6.45, 7) is 1.52. The van der Waals surface area contributed by atoms with Crippen molar-refractivity contribution in [2.45, 2.75) is 6.92 Å². The molecule has 0 spiro atoms. The fourth-order valence-corrected chi connectivity index (χ4v) is 3.50. The van der Waals surface area contributed by atoms with Crippen molar-refractivity contribution in [2.75, 3.05) is 0 Å². The Morgan fingerprint density at radius 3 is 2.45 bits per heavy atom. The van der Waals surface area contributed by atoms with Gasteiger partial charge in [0.25, 0.3) is 5.91 Å². The van der Waals surface area contributed by atoms with Gasteiger partial charge in [-0.3, -0.25) is 15.1 Å². The molecule has 0 aliphatic heterocycles. The maximum atomic E-state index is 12.6. The Kier molecular flexibility index (Phi) is 7.40. The molecule has 3 rings (SSSR count). The Morgan fingerprint density at radius 2 is 1.77 bits per heavy atom. The van der Waals surface area contributed by atoms with Gasteiger partial charge in [-0.05, 0) is 31.2 Å². The van der Waals surface area contributed by atoms with E-state index in [2.05, 4.69) is 26.0 Å². The third-order valence-corrected chi connectivity index (χ3v) is 5.05. The average Bonchev–Trinajstić information content (AvgIpc) is 3.09. The van der Waals surface area contributed by atoms with Crippen molar-refractivity contribution in [1.29, 1.82) is 0 Å². The van der Waals surface area contributed by atoms with E-state index in [0.29, 0.717) is 21.2 Å². The number of oxime groups is 1. The summed E-state index contributed by atoms with van der Waals surface area (Å²) in [5, 5.41) is 8.68. The largest absolute Gasteiger partial charge is 0.452 e. The predicted octanol–water partition coefficient (Wildman–Crippen LogP) is 5.67. The first-order chi connectivity index (χ1) is 14.8. The highest BCUT2D eigenvalue weighted by atomic mass is 35.5. The number of carbonyl (C=O) groups excluding carboxylic acids is 2. The molecule has 0 fully saturated rings. The highest BCUT2D eigenvalue weighted by Crippen LogP contribution is 2.36. The second-order valence-electron chi connectivity index (χ2n) is 5.92. The fourth-order valence-electron chi connectivity index (χ4n) is 2.46. The van der Waals surface area contributed by atoms with Crippen LogP contribution in [0.5, 0.6) is 0 Å². The molecule has 0 bridgehead atoms. The topological polar surface area (TPSA) is 106 Å². The molecule has 0 aliphatic rings. The van der Waals surface area contributed by atoms with Crippen LogP contribution in [0.1, 0.15) is 21.7 Å². The third-order valence-electron chi connectivity index (χ3n) is 3.86. The van der Waals surface area contributed by atoms with E-state index in [-0.39, 0.29) is 27.1 Å². The Bertz CT molecular complexity index is 1160. The second-order valence-corrected chi connectivity index (χ2v) is 7.58. The molecule has 0 unspecified atom stereocenters. The number of benzene rings is 2. The molecule has 1 aromatic heterocycles. The highest BCUT2D eigenvalue weighted by molar-refractivity contribution is 6.39. The van der Waals surface area contributed by atoms with Crippen molar-refractivity contribution < 1.29 is 18.9 Å². The van der Waals surface area contributed by atoms with Crippen LogP contribution in [0.4, 0.5) is 4.79 Å². The Labute approximate surface area is 196 Å². The summed E-state index contributed by atoms with van der Waals surface area (Å²) >= 11 is 24.2. The van der Waals surface area contributed by atoms with Gasteiger partial charge in [-0.25, -0.2) is 10.2 Å². The lowest BCUT2D eigenvalue weighted by molar-refractivity contribution is 0.0911. The first-order valence-electron chi connectivity index (χ1n) is 8.44. The maximum absolute atomic E-state index is 12.6. The SMILES string of the molecule is Cc1onc(-c2c(Cl)cccc2Cl)c1C(=O)NNC(=O)O/N=C/c1ccc(Cl)cc1Cl. The molecule has 8 nitrogen and oxygen atoms in total. The van der Waals surface area contributed by atoms with Gasteiger partial charge >= 0.3 is 6.09 Å². The number of carbonyl (C=O) groups is 2. The molecular formula is C19H12Cl4N4O4. The van der Waals surface area contributed by atoms with Crippen molar-refractivity contribution >= 4 is 64.6 Å². The first kappa shape index (κ1) is 22.9. The average molecular weight is 502 g/mol. The minimum atomic E-state index is -1.05. The molecule has 12 heteroatoms. The molecule has 1 heterocycles. The van der Waals surface area contributed by atoms with Gasteiger partial charge < -0.3 is 4.52 Å². The van der Waals surface area contributed by atoms with Gasteiger partial charge in [0.2, 0.25) is 0 Å². The van der Waals surface area contributed by atoms with E-state index in [4.69, 9.17) is 50.9 Å². The molecular weight excluding hydrogens is 490 g/mol. The van der Waals surface area contributed by atoms with E-state index in [1.165, 1.54) is 19.2 Å². The molecule has 0 aliphatic carbocycles. The van der Waals surface area contributed by atoms with Crippen molar-refractivity contribution in [3.63, 3.8) is 0 Å². The summed E-state index contributed by atoms with van der Waals surface area (Å²) in [4.78, 5) is 29.0. The van der Waals surface area contributed by atoms with Crippen LogP contribution < -0.4 is 10.9 Å². The van der Waals surface area contributed by atoms with Crippen molar-refractivity contribution in [3.8, 4) is 11.3 Å². The summed E-state index contributed by atoms with van der Waals surface area (Å²) < 4.78 is 5.10. The molecule has 0 saturated carbocycles. The third kappa shape index (κ3) is 5.48. The van der Waals surface area contributed by atoms with Crippen LogP contribution in [0.2, 0.25) is 20.1 Å². The number of hydrazine groups is 1. The Hall–Kier alpha value is -2.78. The molecule has 2 amide bonds. The lowest BCUT2D eigenvalue weighted by atomic mass is 10.1. The molecule has 2 aromatic carbocycles. The van der Waals surface area contributed by atoms with Gasteiger partial charge in [0, 0.05) is 16.1 Å². The zero-order chi connectivity index (χ0) is 22.5. The van der Waals surface area contributed by atoms with Crippen LogP contribution in [-0.4, -0.2) is 23.4 Å². The smallest absolute Gasteiger partial charge is 0.360 e. The van der Waals surface area contributed by atoms with Crippen molar-refractivity contribution in [2.24, 2.45) is 5.16 Å². The van der Waals surface area contributed by atoms with Crippen LogP contribution in [-0.2, 0) is 4.84 Å². The van der Waals surface area contributed by atoms with E-state index in [9.17, 15) is 9.59 Å². The van der Waals surface area contributed by atoms with Crippen molar-refractivity contribution in [3.05, 3.63) is 73.4 Å². The van der Waals surface area contributed by atoms with E-state index >= 15 is 0 Å². The van der Waals surface area contributed by atoms with Crippen LogP contribution in [0.25, 0.3) is 11.3 Å². The normalized spacial score (nSPS) is 10.9. The number of halogens is 4. The molecule has 160 valence electrons. The highest BCUT2D eigenvalue weighted by Gasteiger charge is 2.25. The van der Waals surface area contributed by atoms with E-state index in [1.54, 1.807) is 30.3 Å². The van der Waals surface area contributed by atoms with Crippen LogP contribution in [0, 0.1) is 6.92 Å². The van der Waals surface area contributed by atoms with Crippen LogP contribution >= 0.6 is 46.4 Å². The second kappa shape index (κ2) is 10.0. The lowest BCUT2D eigenvalue weighted by Gasteiger charge is -2.08. The van der Waals surface area contributed by atoms with E-state index in [1.807, 2.05) is 0 Å². The molecule has 0 atom stereocenters. The molecule has 3 aromatic rings. The van der Waals surface area contributed by atoms with E-state index < -0.39 is 12.0 Å². The first-order valence-corrected chi connectivity index (χ1v) is 9.95. The summed E-state index contributed by atoms with van der Waals surface area (Å²) in [5.41, 5.74) is 5.18. The number of rotatable bonds is 4. The fraction of sp³-hybridized carbons (Fsp3) is 0.0526. The van der Waals surface area contributed by atoms with Gasteiger partial charge in [-0.15, -0.1) is 0 Å².